The molecule has 0 fully saturated rings. The molecule has 0 atom stereocenters. The van der Waals surface area contributed by atoms with Crippen LogP contribution in [0.15, 0.2) is 54.3 Å². The average Bonchev–Trinajstić information content (AvgIpc) is 3.22. The minimum atomic E-state index is -0.126. The summed E-state index contributed by atoms with van der Waals surface area (Å²) in [4.78, 5) is 17.4. The zero-order chi connectivity index (χ0) is 16.1. The Balaban J connectivity index is 1.68. The van der Waals surface area contributed by atoms with Crippen molar-refractivity contribution in [3.05, 3.63) is 64.8 Å². The van der Waals surface area contributed by atoms with Gasteiger partial charge in [0.1, 0.15) is 0 Å². The Kier molecular flexibility index (Phi) is 4.63. The zero-order valence-corrected chi connectivity index (χ0v) is 13.5. The molecule has 0 aliphatic carbocycles. The molecule has 116 valence electrons. The smallest absolute Gasteiger partial charge is 0.244 e. The van der Waals surface area contributed by atoms with Crippen LogP contribution in [0, 0.1) is 0 Å². The van der Waals surface area contributed by atoms with Crippen molar-refractivity contribution in [2.24, 2.45) is 7.05 Å². The van der Waals surface area contributed by atoms with E-state index < -0.39 is 0 Å². The summed E-state index contributed by atoms with van der Waals surface area (Å²) >= 11 is 1.60. The Bertz CT molecular complexity index is 821. The summed E-state index contributed by atoms with van der Waals surface area (Å²) in [5, 5.41) is 9.04. The molecule has 0 saturated carbocycles. The molecule has 1 N–H and O–H groups in total. The highest BCUT2D eigenvalue weighted by Crippen LogP contribution is 2.20. The second-order valence-electron chi connectivity index (χ2n) is 4.98. The van der Waals surface area contributed by atoms with Gasteiger partial charge >= 0.3 is 0 Å². The van der Waals surface area contributed by atoms with Crippen LogP contribution in [0.25, 0.3) is 17.3 Å². The van der Waals surface area contributed by atoms with Crippen LogP contribution in [0.1, 0.15) is 10.4 Å². The second-order valence-corrected chi connectivity index (χ2v) is 5.96. The van der Waals surface area contributed by atoms with Crippen LogP contribution in [-0.2, 0) is 18.4 Å². The molecule has 5 nitrogen and oxygen atoms in total. The predicted molar refractivity (Wildman–Crippen MR) is 91.6 cm³/mol. The van der Waals surface area contributed by atoms with Crippen molar-refractivity contribution in [3.8, 4) is 11.3 Å². The van der Waals surface area contributed by atoms with Gasteiger partial charge in [0.15, 0.2) is 0 Å². The molecule has 6 heteroatoms. The lowest BCUT2D eigenvalue weighted by Gasteiger charge is -2.07. The molecule has 0 aliphatic heterocycles. The number of aryl methyl sites for hydroxylation is 1. The number of aromatic nitrogens is 3. The summed E-state index contributed by atoms with van der Waals surface area (Å²) in [7, 11) is 1.86. The van der Waals surface area contributed by atoms with Crippen molar-refractivity contribution in [1.82, 2.24) is 20.1 Å². The van der Waals surface area contributed by atoms with Crippen LogP contribution < -0.4 is 5.32 Å². The Labute approximate surface area is 138 Å². The van der Waals surface area contributed by atoms with E-state index in [4.69, 9.17) is 0 Å². The first-order valence-corrected chi connectivity index (χ1v) is 8.02. The van der Waals surface area contributed by atoms with E-state index in [1.807, 2.05) is 49.0 Å². The average molecular weight is 324 g/mol. The Hall–Kier alpha value is -2.73. The molecule has 3 aromatic rings. The van der Waals surface area contributed by atoms with Crippen molar-refractivity contribution < 1.29 is 4.79 Å². The SMILES string of the molecule is Cn1cc(-c2ncccc2CNC(=O)/C=C/c2cccs2)cn1. The maximum Gasteiger partial charge on any atom is 0.244 e. The van der Waals surface area contributed by atoms with E-state index in [1.165, 1.54) is 0 Å². The molecular weight excluding hydrogens is 308 g/mol. The summed E-state index contributed by atoms with van der Waals surface area (Å²) in [5.74, 6) is -0.126. The van der Waals surface area contributed by atoms with Gasteiger partial charge in [-0.3, -0.25) is 14.5 Å². The van der Waals surface area contributed by atoms with Crippen LogP contribution in [-0.4, -0.2) is 20.7 Å². The van der Waals surface area contributed by atoms with Gasteiger partial charge < -0.3 is 5.32 Å². The largest absolute Gasteiger partial charge is 0.348 e. The van der Waals surface area contributed by atoms with Crippen molar-refractivity contribution >= 4 is 23.3 Å². The number of pyridine rings is 1. The van der Waals surface area contributed by atoms with Gasteiger partial charge in [0.05, 0.1) is 11.9 Å². The number of carbonyl (C=O) groups excluding carboxylic acids is 1. The van der Waals surface area contributed by atoms with E-state index in [-0.39, 0.29) is 5.91 Å². The van der Waals surface area contributed by atoms with Crippen molar-refractivity contribution in [2.45, 2.75) is 6.54 Å². The van der Waals surface area contributed by atoms with Gasteiger partial charge in [-0.05, 0) is 29.2 Å². The van der Waals surface area contributed by atoms with E-state index in [2.05, 4.69) is 15.4 Å². The van der Waals surface area contributed by atoms with Gasteiger partial charge in [0.2, 0.25) is 5.91 Å². The summed E-state index contributed by atoms with van der Waals surface area (Å²) < 4.78 is 1.73. The predicted octanol–water partition coefficient (Wildman–Crippen LogP) is 2.87. The molecule has 3 heterocycles. The van der Waals surface area contributed by atoms with Gasteiger partial charge in [-0.15, -0.1) is 11.3 Å². The fourth-order valence-electron chi connectivity index (χ4n) is 2.17. The first kappa shape index (κ1) is 15.2. The number of thiophene rings is 1. The van der Waals surface area contributed by atoms with Gasteiger partial charge in [0.25, 0.3) is 0 Å². The van der Waals surface area contributed by atoms with Gasteiger partial charge in [-0.2, -0.15) is 5.10 Å². The highest BCUT2D eigenvalue weighted by atomic mass is 32.1. The molecule has 0 spiro atoms. The minimum Gasteiger partial charge on any atom is -0.348 e. The fraction of sp³-hybridized carbons (Fsp3) is 0.118. The lowest BCUT2D eigenvalue weighted by Crippen LogP contribution is -2.20. The second kappa shape index (κ2) is 7.02. The molecule has 0 aliphatic rings. The number of rotatable bonds is 5. The normalized spacial score (nSPS) is 11.0. The summed E-state index contributed by atoms with van der Waals surface area (Å²) in [5.41, 5.74) is 2.73. The monoisotopic (exact) mass is 324 g/mol. The number of amides is 1. The van der Waals surface area contributed by atoms with E-state index in [0.29, 0.717) is 6.54 Å². The van der Waals surface area contributed by atoms with Gasteiger partial charge in [0, 0.05) is 42.5 Å². The molecule has 0 aromatic carbocycles. The number of nitrogens with one attached hydrogen (secondary N) is 1. The minimum absolute atomic E-state index is 0.126. The quantitative estimate of drug-likeness (QED) is 0.734. The lowest BCUT2D eigenvalue weighted by molar-refractivity contribution is -0.116. The van der Waals surface area contributed by atoms with Crippen molar-refractivity contribution in [1.29, 1.82) is 0 Å². The van der Waals surface area contributed by atoms with Crippen LogP contribution in [0.2, 0.25) is 0 Å². The standard InChI is InChI=1S/C17H16N4OS/c1-21-12-14(11-20-21)17-13(4-2-8-18-17)10-19-16(22)7-6-15-5-3-9-23-15/h2-9,11-12H,10H2,1H3,(H,19,22)/b7-6+. The first-order chi connectivity index (χ1) is 11.2. The summed E-state index contributed by atoms with van der Waals surface area (Å²) in [6.45, 7) is 0.422. The Morgan fingerprint density at radius 2 is 2.30 bits per heavy atom. The van der Waals surface area contributed by atoms with Crippen molar-refractivity contribution in [3.63, 3.8) is 0 Å². The third-order valence-corrected chi connectivity index (χ3v) is 4.10. The summed E-state index contributed by atoms with van der Waals surface area (Å²) in [6, 6.07) is 7.75. The molecular formula is C17H16N4OS. The molecule has 23 heavy (non-hydrogen) atoms. The maximum atomic E-state index is 11.9. The third kappa shape index (κ3) is 3.92. The molecule has 1 amide bonds. The van der Waals surface area contributed by atoms with Crippen LogP contribution in [0.4, 0.5) is 0 Å². The number of nitrogens with zero attached hydrogens (tertiary/aromatic N) is 3. The van der Waals surface area contributed by atoms with Gasteiger partial charge in [-0.25, -0.2) is 0 Å². The highest BCUT2D eigenvalue weighted by molar-refractivity contribution is 7.10. The maximum absolute atomic E-state index is 11.9. The Morgan fingerprint density at radius 1 is 1.39 bits per heavy atom. The number of hydrogen-bond donors (Lipinski definition) is 1. The fourth-order valence-corrected chi connectivity index (χ4v) is 2.79. The van der Waals surface area contributed by atoms with E-state index in [9.17, 15) is 4.79 Å². The molecule has 3 rings (SSSR count). The summed E-state index contributed by atoms with van der Waals surface area (Å²) in [6.07, 6.45) is 8.77. The Morgan fingerprint density at radius 3 is 3.04 bits per heavy atom. The van der Waals surface area contributed by atoms with Crippen molar-refractivity contribution in [2.75, 3.05) is 0 Å². The topological polar surface area (TPSA) is 59.8 Å². The number of hydrogen-bond acceptors (Lipinski definition) is 4. The number of carbonyl (C=O) groups is 1. The molecule has 0 bridgehead atoms. The van der Waals surface area contributed by atoms with E-state index in [0.717, 1.165) is 21.7 Å². The first-order valence-electron chi connectivity index (χ1n) is 7.15. The molecule has 0 saturated heterocycles. The van der Waals surface area contributed by atoms with Crippen LogP contribution in [0.3, 0.4) is 0 Å². The highest BCUT2D eigenvalue weighted by Gasteiger charge is 2.08. The third-order valence-electron chi connectivity index (χ3n) is 3.26. The lowest BCUT2D eigenvalue weighted by atomic mass is 10.1. The van der Waals surface area contributed by atoms with Crippen LogP contribution >= 0.6 is 11.3 Å². The van der Waals surface area contributed by atoms with Gasteiger partial charge in [-0.1, -0.05) is 12.1 Å². The van der Waals surface area contributed by atoms with E-state index in [1.54, 1.807) is 34.5 Å². The molecule has 0 radical (unpaired) electrons. The van der Waals surface area contributed by atoms with Crippen LogP contribution in [0.5, 0.6) is 0 Å². The molecule has 3 aromatic heterocycles. The molecule has 0 unspecified atom stereocenters. The van der Waals surface area contributed by atoms with E-state index >= 15 is 0 Å². The zero-order valence-electron chi connectivity index (χ0n) is 12.6.